The second-order valence-corrected chi connectivity index (χ2v) is 2.92. The van der Waals surface area contributed by atoms with Crippen molar-refractivity contribution in [2.75, 3.05) is 5.32 Å². The lowest BCUT2D eigenvalue weighted by atomic mass is 10.0. The number of halogens is 1. The Hall–Kier alpha value is -1.38. The SMILES string of the molecule is C[C@H]1C(=O)Nc2c(F)cccc21. The zero-order chi connectivity index (χ0) is 8.72. The molecule has 0 unspecified atom stereocenters. The zero-order valence-corrected chi connectivity index (χ0v) is 6.60. The highest BCUT2D eigenvalue weighted by atomic mass is 19.1. The van der Waals surface area contributed by atoms with Crippen molar-refractivity contribution >= 4 is 11.6 Å². The van der Waals surface area contributed by atoms with Crippen LogP contribution < -0.4 is 5.32 Å². The minimum atomic E-state index is -0.356. The molecule has 3 heteroatoms. The third kappa shape index (κ3) is 0.826. The predicted molar refractivity (Wildman–Crippen MR) is 43.4 cm³/mol. The third-order valence-corrected chi connectivity index (χ3v) is 2.15. The van der Waals surface area contributed by atoms with Gasteiger partial charge in [0.05, 0.1) is 11.6 Å². The molecule has 0 saturated carbocycles. The number of rotatable bonds is 0. The van der Waals surface area contributed by atoms with Gasteiger partial charge in [-0.15, -0.1) is 0 Å². The summed E-state index contributed by atoms with van der Waals surface area (Å²) in [7, 11) is 0. The van der Waals surface area contributed by atoms with Gasteiger partial charge in [-0.05, 0) is 18.6 Å². The molecule has 0 fully saturated rings. The van der Waals surface area contributed by atoms with Gasteiger partial charge in [0.2, 0.25) is 5.91 Å². The maximum Gasteiger partial charge on any atom is 0.231 e. The molecule has 62 valence electrons. The van der Waals surface area contributed by atoms with Crippen molar-refractivity contribution in [1.82, 2.24) is 0 Å². The monoisotopic (exact) mass is 165 g/mol. The van der Waals surface area contributed by atoms with E-state index in [4.69, 9.17) is 0 Å². The lowest BCUT2D eigenvalue weighted by Crippen LogP contribution is -2.08. The Kier molecular flexibility index (Phi) is 1.40. The first kappa shape index (κ1) is 7.28. The van der Waals surface area contributed by atoms with E-state index in [1.165, 1.54) is 6.07 Å². The quantitative estimate of drug-likeness (QED) is 0.624. The van der Waals surface area contributed by atoms with Crippen LogP contribution in [0.15, 0.2) is 18.2 Å². The molecule has 1 N–H and O–H groups in total. The Morgan fingerprint density at radius 1 is 1.50 bits per heavy atom. The van der Waals surface area contributed by atoms with Gasteiger partial charge < -0.3 is 5.32 Å². The van der Waals surface area contributed by atoms with Crippen LogP contribution in [0.3, 0.4) is 0 Å². The zero-order valence-electron chi connectivity index (χ0n) is 6.60. The standard InChI is InChI=1S/C9H8FNO/c1-5-6-3-2-4-7(10)8(6)11-9(5)12/h2-5H,1H3,(H,11,12)/t5-/m1/s1. The number of para-hydroxylation sites is 1. The largest absolute Gasteiger partial charge is 0.323 e. The smallest absolute Gasteiger partial charge is 0.231 e. The molecule has 2 nitrogen and oxygen atoms in total. The fourth-order valence-corrected chi connectivity index (χ4v) is 1.41. The number of hydrogen-bond acceptors (Lipinski definition) is 1. The van der Waals surface area contributed by atoms with Gasteiger partial charge in [-0.2, -0.15) is 0 Å². The average Bonchev–Trinajstić information content (AvgIpc) is 2.32. The molecule has 0 saturated heterocycles. The van der Waals surface area contributed by atoms with Gasteiger partial charge in [-0.3, -0.25) is 4.79 Å². The van der Waals surface area contributed by atoms with Crippen LogP contribution >= 0.6 is 0 Å². The second-order valence-electron chi connectivity index (χ2n) is 2.92. The fraction of sp³-hybridized carbons (Fsp3) is 0.222. The lowest BCUT2D eigenvalue weighted by Gasteiger charge is -1.99. The van der Waals surface area contributed by atoms with Crippen LogP contribution in [0.1, 0.15) is 18.4 Å². The van der Waals surface area contributed by atoms with Crippen molar-refractivity contribution in [3.63, 3.8) is 0 Å². The molecule has 1 aliphatic rings. The van der Waals surface area contributed by atoms with Crippen molar-refractivity contribution in [2.45, 2.75) is 12.8 Å². The molecule has 1 heterocycles. The first-order valence-electron chi connectivity index (χ1n) is 3.79. The normalized spacial score (nSPS) is 20.5. The van der Waals surface area contributed by atoms with Crippen LogP contribution in [0.4, 0.5) is 10.1 Å². The molecule has 0 aromatic heterocycles. The van der Waals surface area contributed by atoms with E-state index < -0.39 is 0 Å². The summed E-state index contributed by atoms with van der Waals surface area (Å²) in [6.07, 6.45) is 0. The molecule has 0 bridgehead atoms. The minimum absolute atomic E-state index is 0.130. The molecule has 1 aromatic carbocycles. The number of amides is 1. The van der Waals surface area contributed by atoms with Crippen molar-refractivity contribution in [2.24, 2.45) is 0 Å². The Morgan fingerprint density at radius 2 is 2.25 bits per heavy atom. The molecule has 0 spiro atoms. The van der Waals surface area contributed by atoms with Gasteiger partial charge in [-0.1, -0.05) is 12.1 Å². The Bertz CT molecular complexity index is 348. The van der Waals surface area contributed by atoms with Crippen LogP contribution in [0.2, 0.25) is 0 Å². The van der Waals surface area contributed by atoms with E-state index in [-0.39, 0.29) is 17.6 Å². The van der Waals surface area contributed by atoms with Gasteiger partial charge in [0, 0.05) is 0 Å². The Balaban J connectivity index is 2.60. The molecule has 1 aliphatic heterocycles. The van der Waals surface area contributed by atoms with E-state index in [9.17, 15) is 9.18 Å². The van der Waals surface area contributed by atoms with Crippen LogP contribution in [0, 0.1) is 5.82 Å². The highest BCUT2D eigenvalue weighted by Crippen LogP contribution is 2.33. The summed E-state index contributed by atoms with van der Waals surface area (Å²) in [5, 5.41) is 2.50. The van der Waals surface area contributed by atoms with Gasteiger partial charge in [0.1, 0.15) is 5.82 Å². The number of benzene rings is 1. The van der Waals surface area contributed by atoms with Crippen LogP contribution in [0.25, 0.3) is 0 Å². The fourth-order valence-electron chi connectivity index (χ4n) is 1.41. The molecule has 12 heavy (non-hydrogen) atoms. The maximum atomic E-state index is 13.0. The van der Waals surface area contributed by atoms with Crippen LogP contribution in [0.5, 0.6) is 0 Å². The number of hydrogen-bond donors (Lipinski definition) is 1. The summed E-state index contributed by atoms with van der Waals surface area (Å²) in [4.78, 5) is 11.1. The summed E-state index contributed by atoms with van der Waals surface area (Å²) in [6.45, 7) is 1.76. The molecule has 2 rings (SSSR count). The van der Waals surface area contributed by atoms with Crippen LogP contribution in [-0.4, -0.2) is 5.91 Å². The van der Waals surface area contributed by atoms with Gasteiger partial charge in [-0.25, -0.2) is 4.39 Å². The summed E-state index contributed by atoms with van der Waals surface area (Å²) in [6, 6.07) is 4.73. The summed E-state index contributed by atoms with van der Waals surface area (Å²) >= 11 is 0. The van der Waals surface area contributed by atoms with Crippen LogP contribution in [-0.2, 0) is 4.79 Å². The number of carbonyl (C=O) groups is 1. The lowest BCUT2D eigenvalue weighted by molar-refractivity contribution is -0.116. The van der Waals surface area contributed by atoms with Crippen molar-refractivity contribution in [1.29, 1.82) is 0 Å². The molecule has 1 atom stereocenters. The summed E-state index contributed by atoms with van der Waals surface area (Å²) in [5.41, 5.74) is 1.09. The molecule has 1 aromatic rings. The molecule has 0 aliphatic carbocycles. The second kappa shape index (κ2) is 2.30. The van der Waals surface area contributed by atoms with Crippen molar-refractivity contribution in [3.05, 3.63) is 29.6 Å². The predicted octanol–water partition coefficient (Wildman–Crippen LogP) is 1.88. The van der Waals surface area contributed by atoms with E-state index in [2.05, 4.69) is 5.32 Å². The summed E-state index contributed by atoms with van der Waals surface area (Å²) in [5.74, 6) is -0.712. The van der Waals surface area contributed by atoms with Crippen molar-refractivity contribution in [3.8, 4) is 0 Å². The highest BCUT2D eigenvalue weighted by Gasteiger charge is 2.28. The highest BCUT2D eigenvalue weighted by molar-refractivity contribution is 6.02. The van der Waals surface area contributed by atoms with E-state index in [1.54, 1.807) is 19.1 Å². The van der Waals surface area contributed by atoms with Gasteiger partial charge in [0.25, 0.3) is 0 Å². The van der Waals surface area contributed by atoms with Crippen molar-refractivity contribution < 1.29 is 9.18 Å². The molecular formula is C9H8FNO. The topological polar surface area (TPSA) is 29.1 Å². The number of carbonyl (C=O) groups excluding carboxylic acids is 1. The maximum absolute atomic E-state index is 13.0. The summed E-state index contributed by atoms with van der Waals surface area (Å²) < 4.78 is 13.0. The number of nitrogens with one attached hydrogen (secondary N) is 1. The number of fused-ring (bicyclic) bond motifs is 1. The van der Waals surface area contributed by atoms with E-state index >= 15 is 0 Å². The Morgan fingerprint density at radius 3 is 2.92 bits per heavy atom. The van der Waals surface area contributed by atoms with E-state index in [1.807, 2.05) is 0 Å². The number of anilines is 1. The average molecular weight is 165 g/mol. The molecule has 0 radical (unpaired) electrons. The first-order chi connectivity index (χ1) is 5.70. The van der Waals surface area contributed by atoms with E-state index in [0.29, 0.717) is 5.69 Å². The third-order valence-electron chi connectivity index (χ3n) is 2.15. The molecular weight excluding hydrogens is 157 g/mol. The van der Waals surface area contributed by atoms with Gasteiger partial charge in [0.15, 0.2) is 0 Å². The first-order valence-corrected chi connectivity index (χ1v) is 3.79. The van der Waals surface area contributed by atoms with Gasteiger partial charge >= 0.3 is 0 Å². The minimum Gasteiger partial charge on any atom is -0.323 e. The van der Waals surface area contributed by atoms with E-state index in [0.717, 1.165) is 5.56 Å². The Labute approximate surface area is 69.4 Å². The molecule has 1 amide bonds.